The van der Waals surface area contributed by atoms with Crippen LogP contribution in [0, 0.1) is 0 Å². The van der Waals surface area contributed by atoms with E-state index in [4.69, 9.17) is 4.74 Å². The van der Waals surface area contributed by atoms with Crippen LogP contribution in [0.25, 0.3) is 11.0 Å². The minimum absolute atomic E-state index is 0.0311. The number of carbonyl (C=O) groups is 1. The third-order valence-electron chi connectivity index (χ3n) is 2.44. The second-order valence-electron chi connectivity index (χ2n) is 3.85. The fraction of sp³-hybridized carbons (Fsp3) is 0.250. The first kappa shape index (κ1) is 13.0. The molecule has 0 saturated heterocycles. The molecule has 0 aliphatic heterocycles. The molecule has 0 saturated carbocycles. The molecule has 3 N–H and O–H groups in total. The van der Waals surface area contributed by atoms with Crippen LogP contribution >= 0.6 is 0 Å². The van der Waals surface area contributed by atoms with Gasteiger partial charge < -0.3 is 20.0 Å². The summed E-state index contributed by atoms with van der Waals surface area (Å²) in [4.78, 5) is 38.7. The largest absolute Gasteiger partial charge is 0.372 e. The van der Waals surface area contributed by atoms with Crippen LogP contribution in [0.3, 0.4) is 0 Å². The fourth-order valence-corrected chi connectivity index (χ4v) is 1.58. The molecule has 1 aromatic heterocycles. The lowest BCUT2D eigenvalue weighted by atomic mass is 10.2. The van der Waals surface area contributed by atoms with Crippen LogP contribution in [0.1, 0.15) is 6.92 Å². The molecular weight excluding hydrogens is 250 g/mol. The zero-order valence-electron chi connectivity index (χ0n) is 10.3. The number of hydrogen-bond acceptors (Lipinski definition) is 4. The van der Waals surface area contributed by atoms with Gasteiger partial charge in [0, 0.05) is 12.3 Å². The Morgan fingerprint density at radius 1 is 1.21 bits per heavy atom. The van der Waals surface area contributed by atoms with Gasteiger partial charge in [-0.25, -0.2) is 0 Å². The maximum Gasteiger partial charge on any atom is 0.314 e. The number of ether oxygens (including phenoxy) is 1. The Bertz CT molecular complexity index is 717. The van der Waals surface area contributed by atoms with Crippen molar-refractivity contribution in [3.8, 4) is 0 Å². The highest BCUT2D eigenvalue weighted by Crippen LogP contribution is 2.13. The molecule has 1 heterocycles. The Morgan fingerprint density at radius 2 is 1.89 bits per heavy atom. The normalized spacial score (nSPS) is 10.6. The van der Waals surface area contributed by atoms with E-state index in [0.29, 0.717) is 23.3 Å². The second-order valence-corrected chi connectivity index (χ2v) is 3.85. The summed E-state index contributed by atoms with van der Waals surface area (Å²) in [5, 5.41) is 2.62. The van der Waals surface area contributed by atoms with E-state index in [-0.39, 0.29) is 12.5 Å². The molecule has 100 valence electrons. The van der Waals surface area contributed by atoms with E-state index in [1.54, 1.807) is 25.1 Å². The van der Waals surface area contributed by atoms with Crippen LogP contribution in [0.5, 0.6) is 0 Å². The maximum atomic E-state index is 11.5. The molecule has 0 aliphatic carbocycles. The van der Waals surface area contributed by atoms with Gasteiger partial charge in [-0.15, -0.1) is 0 Å². The predicted molar refractivity (Wildman–Crippen MR) is 70.3 cm³/mol. The number of anilines is 1. The highest BCUT2D eigenvalue weighted by atomic mass is 16.5. The zero-order chi connectivity index (χ0) is 13.8. The monoisotopic (exact) mass is 263 g/mol. The zero-order valence-corrected chi connectivity index (χ0v) is 10.3. The molecule has 0 unspecified atom stereocenters. The van der Waals surface area contributed by atoms with Gasteiger partial charge in [-0.3, -0.25) is 14.4 Å². The van der Waals surface area contributed by atoms with Crippen molar-refractivity contribution in [2.45, 2.75) is 6.92 Å². The Morgan fingerprint density at radius 3 is 2.58 bits per heavy atom. The Kier molecular flexibility index (Phi) is 3.76. The van der Waals surface area contributed by atoms with E-state index in [1.165, 1.54) is 0 Å². The number of hydrogen-bond donors (Lipinski definition) is 3. The van der Waals surface area contributed by atoms with Gasteiger partial charge in [0.15, 0.2) is 0 Å². The minimum atomic E-state index is -0.731. The number of aromatic amines is 2. The molecule has 1 amide bonds. The maximum absolute atomic E-state index is 11.5. The Labute approximate surface area is 107 Å². The van der Waals surface area contributed by atoms with Gasteiger partial charge in [-0.1, -0.05) is 0 Å². The molecule has 19 heavy (non-hydrogen) atoms. The molecule has 7 nitrogen and oxygen atoms in total. The number of rotatable bonds is 4. The van der Waals surface area contributed by atoms with Gasteiger partial charge in [-0.2, -0.15) is 0 Å². The lowest BCUT2D eigenvalue weighted by molar-refractivity contribution is -0.120. The molecule has 2 rings (SSSR count). The first-order valence-electron chi connectivity index (χ1n) is 5.74. The van der Waals surface area contributed by atoms with Crippen LogP contribution in [-0.2, 0) is 9.53 Å². The molecular formula is C12H13N3O4. The standard InChI is InChI=1S/C12H13N3O4/c1-2-19-6-10(16)13-7-3-4-8-9(5-7)15-12(18)11(17)14-8/h3-5H,2,6H2,1H3,(H,13,16)(H,14,17)(H,15,18). The third-order valence-corrected chi connectivity index (χ3v) is 2.44. The molecule has 0 bridgehead atoms. The van der Waals surface area contributed by atoms with Crippen molar-refractivity contribution in [2.24, 2.45) is 0 Å². The van der Waals surface area contributed by atoms with Gasteiger partial charge in [0.25, 0.3) is 0 Å². The van der Waals surface area contributed by atoms with Gasteiger partial charge >= 0.3 is 11.1 Å². The molecule has 0 aliphatic rings. The van der Waals surface area contributed by atoms with Crippen molar-refractivity contribution in [1.82, 2.24) is 9.97 Å². The lowest BCUT2D eigenvalue weighted by Crippen LogP contribution is -2.28. The average molecular weight is 263 g/mol. The number of H-pyrrole nitrogens is 2. The Balaban J connectivity index is 2.26. The predicted octanol–water partition coefficient (Wildman–Crippen LogP) is 0.191. The van der Waals surface area contributed by atoms with E-state index in [0.717, 1.165) is 0 Å². The van der Waals surface area contributed by atoms with Gasteiger partial charge in [-0.05, 0) is 25.1 Å². The molecule has 0 atom stereocenters. The molecule has 2 aromatic rings. The average Bonchev–Trinajstić information content (AvgIpc) is 2.38. The second kappa shape index (κ2) is 5.49. The number of amides is 1. The van der Waals surface area contributed by atoms with Crippen LogP contribution < -0.4 is 16.4 Å². The molecule has 1 aromatic carbocycles. The first-order valence-corrected chi connectivity index (χ1v) is 5.74. The van der Waals surface area contributed by atoms with E-state index < -0.39 is 11.1 Å². The quantitative estimate of drug-likeness (QED) is 0.685. The summed E-state index contributed by atoms with van der Waals surface area (Å²) in [5.41, 5.74) is 0.0112. The first-order chi connectivity index (χ1) is 9.10. The van der Waals surface area contributed by atoms with Gasteiger partial charge in [0.05, 0.1) is 11.0 Å². The van der Waals surface area contributed by atoms with Crippen LogP contribution in [0.15, 0.2) is 27.8 Å². The summed E-state index contributed by atoms with van der Waals surface area (Å²) in [7, 11) is 0. The summed E-state index contributed by atoms with van der Waals surface area (Å²) in [6, 6.07) is 4.79. The SMILES string of the molecule is CCOCC(=O)Nc1ccc2[nH]c(=O)c(=O)[nH]c2c1. The van der Waals surface area contributed by atoms with Crippen molar-refractivity contribution >= 4 is 22.6 Å². The van der Waals surface area contributed by atoms with Crippen molar-refractivity contribution in [3.05, 3.63) is 38.9 Å². The summed E-state index contributed by atoms with van der Waals surface area (Å²) < 4.78 is 4.97. The van der Waals surface area contributed by atoms with E-state index in [1.807, 2.05) is 0 Å². The smallest absolute Gasteiger partial charge is 0.314 e. The lowest BCUT2D eigenvalue weighted by Gasteiger charge is -2.06. The number of benzene rings is 1. The highest BCUT2D eigenvalue weighted by Gasteiger charge is 2.04. The van der Waals surface area contributed by atoms with Crippen LogP contribution in [0.2, 0.25) is 0 Å². The Hall–Kier alpha value is -2.41. The van der Waals surface area contributed by atoms with E-state index in [9.17, 15) is 14.4 Å². The highest BCUT2D eigenvalue weighted by molar-refractivity contribution is 5.93. The molecule has 7 heteroatoms. The number of fused-ring (bicyclic) bond motifs is 1. The summed E-state index contributed by atoms with van der Waals surface area (Å²) in [6.45, 7) is 2.22. The van der Waals surface area contributed by atoms with E-state index in [2.05, 4.69) is 15.3 Å². The van der Waals surface area contributed by atoms with E-state index >= 15 is 0 Å². The summed E-state index contributed by atoms with van der Waals surface area (Å²) >= 11 is 0. The fourth-order valence-electron chi connectivity index (χ4n) is 1.58. The number of aromatic nitrogens is 2. The molecule has 0 spiro atoms. The van der Waals surface area contributed by atoms with Gasteiger partial charge in [0.1, 0.15) is 6.61 Å². The van der Waals surface area contributed by atoms with Crippen LogP contribution in [0.4, 0.5) is 5.69 Å². The summed E-state index contributed by atoms with van der Waals surface area (Å²) in [5.74, 6) is -0.284. The molecule has 0 radical (unpaired) electrons. The van der Waals surface area contributed by atoms with Crippen molar-refractivity contribution < 1.29 is 9.53 Å². The summed E-state index contributed by atoms with van der Waals surface area (Å²) in [6.07, 6.45) is 0. The van der Waals surface area contributed by atoms with Gasteiger partial charge in [0.2, 0.25) is 5.91 Å². The van der Waals surface area contributed by atoms with Crippen molar-refractivity contribution in [3.63, 3.8) is 0 Å². The van der Waals surface area contributed by atoms with Crippen molar-refractivity contribution in [1.29, 1.82) is 0 Å². The minimum Gasteiger partial charge on any atom is -0.372 e. The van der Waals surface area contributed by atoms with Crippen LogP contribution in [-0.4, -0.2) is 29.1 Å². The third kappa shape index (κ3) is 3.08. The number of carbonyl (C=O) groups excluding carboxylic acids is 1. The van der Waals surface area contributed by atoms with Crippen molar-refractivity contribution in [2.75, 3.05) is 18.5 Å². The number of nitrogens with one attached hydrogen (secondary N) is 3. The molecule has 0 fully saturated rings. The topological polar surface area (TPSA) is 104 Å².